The number of hydrogen-bond donors (Lipinski definition) is 0. The highest BCUT2D eigenvalue weighted by atomic mass is 32.2. The SMILES string of the molecule is Cc1cc(Oc2ccc([N+](=O)[O-])cn2)c(C(C)(C)C)cc1Sc1cc(C(C)(C)C)c(Oc2ccc([N+](=O)[O-])cn2)cc1C. The highest BCUT2D eigenvalue weighted by Crippen LogP contribution is 2.44. The minimum atomic E-state index is -0.494. The molecular formula is C32H34N4O6S. The maximum atomic E-state index is 11.0. The van der Waals surface area contributed by atoms with E-state index < -0.39 is 9.85 Å². The third-order valence-corrected chi connectivity index (χ3v) is 8.00. The largest absolute Gasteiger partial charge is 0.439 e. The topological polar surface area (TPSA) is 131 Å². The van der Waals surface area contributed by atoms with Crippen LogP contribution in [0.5, 0.6) is 23.3 Å². The molecule has 0 fully saturated rings. The Morgan fingerprint density at radius 3 is 1.30 bits per heavy atom. The fourth-order valence-electron chi connectivity index (χ4n) is 4.31. The van der Waals surface area contributed by atoms with Crippen molar-refractivity contribution in [2.75, 3.05) is 0 Å². The molecule has 0 aliphatic carbocycles. The predicted octanol–water partition coefficient (Wildman–Crippen LogP) is 9.24. The second-order valence-electron chi connectivity index (χ2n) is 12.3. The summed E-state index contributed by atoms with van der Waals surface area (Å²) in [5, 5.41) is 22.0. The summed E-state index contributed by atoms with van der Waals surface area (Å²) >= 11 is 1.65. The summed E-state index contributed by atoms with van der Waals surface area (Å²) in [6.07, 6.45) is 2.37. The van der Waals surface area contributed by atoms with Gasteiger partial charge in [-0.05, 0) is 60.1 Å². The first-order valence-corrected chi connectivity index (χ1v) is 14.4. The number of benzene rings is 2. The van der Waals surface area contributed by atoms with Crippen LogP contribution in [0.2, 0.25) is 0 Å². The van der Waals surface area contributed by atoms with E-state index in [2.05, 4.69) is 63.6 Å². The van der Waals surface area contributed by atoms with Gasteiger partial charge < -0.3 is 9.47 Å². The molecule has 0 spiro atoms. The molecule has 4 rings (SSSR count). The van der Waals surface area contributed by atoms with Gasteiger partial charge in [-0.15, -0.1) is 0 Å². The molecule has 0 saturated carbocycles. The molecule has 10 nitrogen and oxygen atoms in total. The molecule has 0 atom stereocenters. The predicted molar refractivity (Wildman–Crippen MR) is 166 cm³/mol. The number of nitro groups is 2. The van der Waals surface area contributed by atoms with E-state index in [9.17, 15) is 20.2 Å². The zero-order valence-corrected chi connectivity index (χ0v) is 26.2. The summed E-state index contributed by atoms with van der Waals surface area (Å²) in [5.74, 6) is 1.84. The Kier molecular flexibility index (Phi) is 8.77. The molecule has 0 aliphatic heterocycles. The van der Waals surface area contributed by atoms with Crippen molar-refractivity contribution >= 4 is 23.1 Å². The number of ether oxygens (including phenoxy) is 2. The van der Waals surface area contributed by atoms with Gasteiger partial charge in [-0.3, -0.25) is 20.2 Å². The van der Waals surface area contributed by atoms with Gasteiger partial charge in [-0.2, -0.15) is 0 Å². The Morgan fingerprint density at radius 2 is 1.02 bits per heavy atom. The first kappa shape index (κ1) is 31.4. The minimum Gasteiger partial charge on any atom is -0.439 e. The Balaban J connectivity index is 1.69. The summed E-state index contributed by atoms with van der Waals surface area (Å²) < 4.78 is 12.3. The van der Waals surface area contributed by atoms with Crippen LogP contribution in [0.3, 0.4) is 0 Å². The van der Waals surface area contributed by atoms with Crippen molar-refractivity contribution in [1.82, 2.24) is 9.97 Å². The van der Waals surface area contributed by atoms with Gasteiger partial charge in [0.2, 0.25) is 11.8 Å². The van der Waals surface area contributed by atoms with E-state index in [4.69, 9.17) is 9.47 Å². The highest BCUT2D eigenvalue weighted by Gasteiger charge is 2.25. The molecule has 0 radical (unpaired) electrons. The molecule has 2 aromatic heterocycles. The standard InChI is InChI=1S/C32H34N4O6S/c1-19-13-25(41-29-11-9-21(17-33-29)35(37)38)23(31(3,4)5)15-27(19)43-28-16-24(32(6,7)8)26(14-20(28)2)42-30-12-10-22(18-34-30)36(39)40/h9-18H,1-8H3. The molecule has 224 valence electrons. The zero-order chi connectivity index (χ0) is 31.7. The van der Waals surface area contributed by atoms with Gasteiger partial charge in [-0.25, -0.2) is 9.97 Å². The van der Waals surface area contributed by atoms with Gasteiger partial charge in [0, 0.05) is 45.2 Å². The molecule has 0 bridgehead atoms. The fourth-order valence-corrected chi connectivity index (χ4v) is 5.34. The Morgan fingerprint density at radius 1 is 0.651 bits per heavy atom. The normalized spacial score (nSPS) is 11.7. The number of hydrogen-bond acceptors (Lipinski definition) is 9. The lowest BCUT2D eigenvalue weighted by Gasteiger charge is -2.26. The van der Waals surface area contributed by atoms with Crippen molar-refractivity contribution < 1.29 is 19.3 Å². The number of rotatable bonds is 8. The van der Waals surface area contributed by atoms with Crippen LogP contribution in [0.15, 0.2) is 70.7 Å². The first-order chi connectivity index (χ1) is 20.0. The van der Waals surface area contributed by atoms with Gasteiger partial charge in [0.25, 0.3) is 11.4 Å². The summed E-state index contributed by atoms with van der Waals surface area (Å²) in [4.78, 5) is 31.4. The van der Waals surface area contributed by atoms with Gasteiger partial charge in [0.1, 0.15) is 23.9 Å². The lowest BCUT2D eigenvalue weighted by Crippen LogP contribution is -2.14. The molecule has 2 aromatic carbocycles. The summed E-state index contributed by atoms with van der Waals surface area (Å²) in [6, 6.07) is 13.9. The molecule has 0 amide bonds. The van der Waals surface area contributed by atoms with Crippen molar-refractivity contribution in [1.29, 1.82) is 0 Å². The van der Waals surface area contributed by atoms with E-state index in [0.29, 0.717) is 11.5 Å². The molecular weight excluding hydrogens is 568 g/mol. The molecule has 0 aliphatic rings. The van der Waals surface area contributed by atoms with Crippen LogP contribution in [0.4, 0.5) is 11.4 Å². The number of aryl methyl sites for hydroxylation is 2. The fraction of sp³-hybridized carbons (Fsp3) is 0.312. The van der Waals surface area contributed by atoms with E-state index in [1.165, 1.54) is 36.7 Å². The van der Waals surface area contributed by atoms with Crippen LogP contribution >= 0.6 is 11.8 Å². The lowest BCUT2D eigenvalue weighted by molar-refractivity contribution is -0.385. The Bertz CT molecular complexity index is 1550. The van der Waals surface area contributed by atoms with Crippen LogP contribution in [0.1, 0.15) is 63.8 Å². The summed E-state index contributed by atoms with van der Waals surface area (Å²) in [7, 11) is 0. The van der Waals surface area contributed by atoms with Crippen LogP contribution in [-0.2, 0) is 10.8 Å². The monoisotopic (exact) mass is 602 g/mol. The van der Waals surface area contributed by atoms with Crippen LogP contribution in [-0.4, -0.2) is 19.8 Å². The van der Waals surface area contributed by atoms with Crippen molar-refractivity contribution in [3.63, 3.8) is 0 Å². The number of nitrogens with zero attached hydrogens (tertiary/aromatic N) is 4. The van der Waals surface area contributed by atoms with Gasteiger partial charge >= 0.3 is 0 Å². The average Bonchev–Trinajstić information content (AvgIpc) is 2.90. The number of pyridine rings is 2. The van der Waals surface area contributed by atoms with Gasteiger partial charge in [0.15, 0.2) is 0 Å². The highest BCUT2D eigenvalue weighted by molar-refractivity contribution is 7.99. The lowest BCUT2D eigenvalue weighted by atomic mass is 9.85. The third-order valence-electron chi connectivity index (χ3n) is 6.68. The molecule has 0 saturated heterocycles. The van der Waals surface area contributed by atoms with Crippen LogP contribution in [0, 0.1) is 34.1 Å². The van der Waals surface area contributed by atoms with Crippen molar-refractivity contribution in [3.05, 3.63) is 103 Å². The van der Waals surface area contributed by atoms with Crippen LogP contribution in [0.25, 0.3) is 0 Å². The van der Waals surface area contributed by atoms with Crippen molar-refractivity contribution in [2.24, 2.45) is 0 Å². The molecule has 0 N–H and O–H groups in total. The Hall–Kier alpha value is -4.51. The van der Waals surface area contributed by atoms with Crippen molar-refractivity contribution in [2.45, 2.75) is 76.0 Å². The zero-order valence-electron chi connectivity index (χ0n) is 25.4. The maximum Gasteiger partial charge on any atom is 0.287 e. The van der Waals surface area contributed by atoms with E-state index in [0.717, 1.165) is 32.0 Å². The van der Waals surface area contributed by atoms with E-state index >= 15 is 0 Å². The molecule has 43 heavy (non-hydrogen) atoms. The van der Waals surface area contributed by atoms with Gasteiger partial charge in [0.05, 0.1) is 9.85 Å². The first-order valence-electron chi connectivity index (χ1n) is 13.6. The second kappa shape index (κ2) is 12.0. The van der Waals surface area contributed by atoms with Crippen LogP contribution < -0.4 is 9.47 Å². The van der Waals surface area contributed by atoms with Gasteiger partial charge in [-0.1, -0.05) is 53.3 Å². The summed E-state index contributed by atoms with van der Waals surface area (Å²) in [5.41, 5.74) is 3.22. The van der Waals surface area contributed by atoms with Crippen molar-refractivity contribution in [3.8, 4) is 23.3 Å². The summed E-state index contributed by atoms with van der Waals surface area (Å²) in [6.45, 7) is 16.6. The quantitative estimate of drug-likeness (QED) is 0.143. The second-order valence-corrected chi connectivity index (χ2v) is 13.3. The molecule has 2 heterocycles. The molecule has 4 aromatic rings. The van der Waals surface area contributed by atoms with E-state index in [-0.39, 0.29) is 34.0 Å². The average molecular weight is 603 g/mol. The third kappa shape index (κ3) is 7.47. The van der Waals surface area contributed by atoms with E-state index in [1.54, 1.807) is 11.8 Å². The molecule has 11 heteroatoms. The maximum absolute atomic E-state index is 11.0. The smallest absolute Gasteiger partial charge is 0.287 e. The number of aromatic nitrogens is 2. The Labute approximate surface area is 254 Å². The van der Waals surface area contributed by atoms with E-state index in [1.807, 2.05) is 26.0 Å². The molecule has 0 unspecified atom stereocenters. The minimum absolute atomic E-state index is 0.100.